The first-order valence-corrected chi connectivity index (χ1v) is 7.49. The lowest BCUT2D eigenvalue weighted by Crippen LogP contribution is -2.30. The minimum Gasteiger partial charge on any atom is -0.371 e. The molecule has 0 bridgehead atoms. The second-order valence-electron chi connectivity index (χ2n) is 5.44. The van der Waals surface area contributed by atoms with Crippen LogP contribution in [-0.4, -0.2) is 36.5 Å². The Bertz CT molecular complexity index is 651. The molecule has 5 nitrogen and oxygen atoms in total. The van der Waals surface area contributed by atoms with Crippen molar-refractivity contribution in [2.75, 3.05) is 24.5 Å². The quantitative estimate of drug-likeness (QED) is 0.689. The van der Waals surface area contributed by atoms with Crippen molar-refractivity contribution in [3.05, 3.63) is 35.3 Å². The zero-order chi connectivity index (χ0) is 15.7. The van der Waals surface area contributed by atoms with Gasteiger partial charge in [0.05, 0.1) is 0 Å². The molecule has 3 rings (SSSR count). The molecular formula is C16H18FN3O2. The zero-order valence-electron chi connectivity index (χ0n) is 12.4. The molecule has 0 unspecified atom stereocenters. The van der Waals surface area contributed by atoms with E-state index in [9.17, 15) is 14.0 Å². The Kier molecular flexibility index (Phi) is 3.83. The van der Waals surface area contributed by atoms with Gasteiger partial charge in [-0.1, -0.05) is 0 Å². The molecule has 1 aromatic carbocycles. The number of urea groups is 1. The summed E-state index contributed by atoms with van der Waals surface area (Å²) < 4.78 is 14.3. The number of nitrogens with zero attached hydrogens (tertiary/aromatic N) is 2. The maximum absolute atomic E-state index is 14.3. The molecule has 0 radical (unpaired) electrons. The summed E-state index contributed by atoms with van der Waals surface area (Å²) in [6.07, 6.45) is 3.64. The van der Waals surface area contributed by atoms with Gasteiger partial charge in [0, 0.05) is 30.9 Å². The predicted molar refractivity (Wildman–Crippen MR) is 81.7 cm³/mol. The Morgan fingerprint density at radius 3 is 2.59 bits per heavy atom. The maximum Gasteiger partial charge on any atom is 0.328 e. The molecule has 3 amide bonds. The van der Waals surface area contributed by atoms with E-state index in [-0.39, 0.29) is 5.70 Å². The molecule has 116 valence electrons. The van der Waals surface area contributed by atoms with Crippen LogP contribution in [0.2, 0.25) is 0 Å². The standard InChI is InChI=1S/C16H18FN3O2/c1-2-20-15(21)14(18-16(20)22)9-11-5-6-12(10-13(11)17)19-7-3-4-8-19/h5-6,9-10H,2-4,7-8H2,1H3,(H,18,22)/b14-9+. The van der Waals surface area contributed by atoms with Crippen LogP contribution in [0.15, 0.2) is 23.9 Å². The summed E-state index contributed by atoms with van der Waals surface area (Å²) >= 11 is 0. The van der Waals surface area contributed by atoms with Crippen LogP contribution < -0.4 is 10.2 Å². The van der Waals surface area contributed by atoms with Crippen molar-refractivity contribution in [3.8, 4) is 0 Å². The van der Waals surface area contributed by atoms with E-state index in [1.54, 1.807) is 13.0 Å². The van der Waals surface area contributed by atoms with Gasteiger partial charge >= 0.3 is 6.03 Å². The molecule has 2 fully saturated rings. The summed E-state index contributed by atoms with van der Waals surface area (Å²) in [5.41, 5.74) is 1.26. The Hall–Kier alpha value is -2.37. The number of benzene rings is 1. The summed E-state index contributed by atoms with van der Waals surface area (Å²) in [6.45, 7) is 3.89. The van der Waals surface area contributed by atoms with E-state index in [0.29, 0.717) is 12.1 Å². The van der Waals surface area contributed by atoms with Crippen molar-refractivity contribution in [3.63, 3.8) is 0 Å². The van der Waals surface area contributed by atoms with E-state index in [0.717, 1.165) is 36.5 Å². The third kappa shape index (κ3) is 2.56. The highest BCUT2D eigenvalue weighted by Crippen LogP contribution is 2.24. The van der Waals surface area contributed by atoms with Gasteiger partial charge in [-0.05, 0) is 44.0 Å². The summed E-state index contributed by atoms with van der Waals surface area (Å²) in [5.74, 6) is -0.815. The highest BCUT2D eigenvalue weighted by atomic mass is 19.1. The normalized spacial score (nSPS) is 20.2. The Labute approximate surface area is 128 Å². The molecule has 2 aliphatic rings. The lowest BCUT2D eigenvalue weighted by molar-refractivity contribution is -0.122. The van der Waals surface area contributed by atoms with Gasteiger partial charge in [0.2, 0.25) is 0 Å². The van der Waals surface area contributed by atoms with Gasteiger partial charge in [-0.25, -0.2) is 9.18 Å². The second kappa shape index (κ2) is 5.79. The minimum absolute atomic E-state index is 0.111. The number of halogens is 1. The highest BCUT2D eigenvalue weighted by Gasteiger charge is 2.32. The van der Waals surface area contributed by atoms with Crippen LogP contribution >= 0.6 is 0 Å². The molecular weight excluding hydrogens is 285 g/mol. The summed E-state index contributed by atoms with van der Waals surface area (Å²) in [7, 11) is 0. The van der Waals surface area contributed by atoms with E-state index in [1.165, 1.54) is 12.1 Å². The maximum atomic E-state index is 14.3. The van der Waals surface area contributed by atoms with Crippen molar-refractivity contribution in [2.24, 2.45) is 0 Å². The van der Waals surface area contributed by atoms with Gasteiger partial charge < -0.3 is 10.2 Å². The third-order valence-corrected chi connectivity index (χ3v) is 4.03. The SMILES string of the molecule is CCN1C(=O)N/C(=C/c2ccc(N3CCCC3)cc2F)C1=O. The zero-order valence-corrected chi connectivity index (χ0v) is 12.4. The number of anilines is 1. The van der Waals surface area contributed by atoms with Crippen LogP contribution in [0.3, 0.4) is 0 Å². The molecule has 22 heavy (non-hydrogen) atoms. The molecule has 0 aliphatic carbocycles. The van der Waals surface area contributed by atoms with Gasteiger partial charge in [-0.15, -0.1) is 0 Å². The van der Waals surface area contributed by atoms with Gasteiger partial charge in [0.1, 0.15) is 11.5 Å². The van der Waals surface area contributed by atoms with Gasteiger partial charge in [0.15, 0.2) is 0 Å². The topological polar surface area (TPSA) is 52.7 Å². The van der Waals surface area contributed by atoms with Gasteiger partial charge in [-0.2, -0.15) is 0 Å². The summed E-state index contributed by atoms with van der Waals surface area (Å²) in [5, 5.41) is 2.47. The Balaban J connectivity index is 1.85. The van der Waals surface area contributed by atoms with Crippen molar-refractivity contribution in [1.29, 1.82) is 0 Å². The van der Waals surface area contributed by atoms with Crippen LogP contribution in [0.1, 0.15) is 25.3 Å². The number of carbonyl (C=O) groups excluding carboxylic acids is 2. The average Bonchev–Trinajstić information content (AvgIpc) is 3.11. The lowest BCUT2D eigenvalue weighted by atomic mass is 10.1. The van der Waals surface area contributed by atoms with Crippen LogP contribution in [0.5, 0.6) is 0 Å². The molecule has 2 saturated heterocycles. The minimum atomic E-state index is -0.465. The van der Waals surface area contributed by atoms with E-state index >= 15 is 0 Å². The first kappa shape index (κ1) is 14.6. The fourth-order valence-corrected chi connectivity index (χ4v) is 2.82. The number of nitrogens with one attached hydrogen (secondary N) is 1. The van der Waals surface area contributed by atoms with Crippen molar-refractivity contribution in [2.45, 2.75) is 19.8 Å². The highest BCUT2D eigenvalue weighted by molar-refractivity contribution is 6.13. The first-order valence-electron chi connectivity index (χ1n) is 7.49. The van der Waals surface area contributed by atoms with Crippen LogP contribution in [0.4, 0.5) is 14.9 Å². The molecule has 0 aromatic heterocycles. The molecule has 6 heteroatoms. The number of hydrogen-bond acceptors (Lipinski definition) is 3. The van der Waals surface area contributed by atoms with Crippen molar-refractivity contribution >= 4 is 23.7 Å². The first-order chi connectivity index (χ1) is 10.6. The van der Waals surface area contributed by atoms with E-state index in [2.05, 4.69) is 10.2 Å². The molecule has 2 heterocycles. The molecule has 1 aromatic rings. The summed E-state index contributed by atoms with van der Waals surface area (Å²) in [6, 6.07) is 4.51. The Morgan fingerprint density at radius 2 is 2.00 bits per heavy atom. The number of amides is 3. The fraction of sp³-hybridized carbons (Fsp3) is 0.375. The number of hydrogen-bond donors (Lipinski definition) is 1. The molecule has 0 atom stereocenters. The summed E-state index contributed by atoms with van der Waals surface area (Å²) in [4.78, 5) is 26.8. The van der Waals surface area contributed by atoms with Crippen LogP contribution in [0, 0.1) is 5.82 Å². The fourth-order valence-electron chi connectivity index (χ4n) is 2.82. The average molecular weight is 303 g/mol. The largest absolute Gasteiger partial charge is 0.371 e. The van der Waals surface area contributed by atoms with E-state index in [1.807, 2.05) is 6.07 Å². The number of carbonyl (C=O) groups is 2. The third-order valence-electron chi connectivity index (χ3n) is 4.03. The number of likely N-dealkylation sites (N-methyl/N-ethyl adjacent to an activating group) is 1. The van der Waals surface area contributed by atoms with Crippen molar-refractivity contribution < 1.29 is 14.0 Å². The van der Waals surface area contributed by atoms with Crippen molar-refractivity contribution in [1.82, 2.24) is 10.2 Å². The number of rotatable bonds is 3. The van der Waals surface area contributed by atoms with Crippen LogP contribution in [0.25, 0.3) is 6.08 Å². The van der Waals surface area contributed by atoms with Gasteiger partial charge in [0.25, 0.3) is 5.91 Å². The monoisotopic (exact) mass is 303 g/mol. The van der Waals surface area contributed by atoms with Crippen LogP contribution in [-0.2, 0) is 4.79 Å². The van der Waals surface area contributed by atoms with Gasteiger partial charge in [-0.3, -0.25) is 9.69 Å². The molecule has 1 N–H and O–H groups in total. The van der Waals surface area contributed by atoms with E-state index in [4.69, 9.17) is 0 Å². The predicted octanol–water partition coefficient (Wildman–Crippen LogP) is 2.34. The Morgan fingerprint density at radius 1 is 1.27 bits per heavy atom. The lowest BCUT2D eigenvalue weighted by Gasteiger charge is -2.17. The smallest absolute Gasteiger partial charge is 0.328 e. The molecule has 0 saturated carbocycles. The number of imide groups is 1. The molecule has 2 aliphatic heterocycles. The second-order valence-corrected chi connectivity index (χ2v) is 5.44. The molecule has 0 spiro atoms. The van der Waals surface area contributed by atoms with E-state index < -0.39 is 17.8 Å².